The van der Waals surface area contributed by atoms with Gasteiger partial charge in [-0.3, -0.25) is 0 Å². The molecule has 0 unspecified atom stereocenters. The van der Waals surface area contributed by atoms with Crippen molar-refractivity contribution in [3.05, 3.63) is 23.3 Å². The minimum absolute atomic E-state index is 0.0126. The summed E-state index contributed by atoms with van der Waals surface area (Å²) in [5.41, 5.74) is 2.09. The van der Waals surface area contributed by atoms with Gasteiger partial charge in [0.05, 0.1) is 13.2 Å². The van der Waals surface area contributed by atoms with Crippen LogP contribution in [0, 0.1) is 0 Å². The second kappa shape index (κ2) is 8.72. The Morgan fingerprint density at radius 3 is 1.33 bits per heavy atom. The summed E-state index contributed by atoms with van der Waals surface area (Å²) in [7, 11) is 0. The molecule has 0 saturated carbocycles. The number of ether oxygens (including phenoxy) is 2. The third-order valence-electron chi connectivity index (χ3n) is 4.95. The van der Waals surface area contributed by atoms with Crippen molar-refractivity contribution in [2.45, 2.75) is 65.2 Å². The quantitative estimate of drug-likeness (QED) is 0.681. The van der Waals surface area contributed by atoms with Crippen molar-refractivity contribution in [3.8, 4) is 11.5 Å². The van der Waals surface area contributed by atoms with Crippen LogP contribution in [0.1, 0.15) is 65.5 Å². The van der Waals surface area contributed by atoms with Crippen molar-refractivity contribution >= 4 is 0 Å². The van der Waals surface area contributed by atoms with E-state index < -0.39 is 0 Å². The minimum Gasteiger partial charge on any atom is -0.491 e. The fraction of sp³-hybridized carbons (Fsp3) is 0.700. The summed E-state index contributed by atoms with van der Waals surface area (Å²) >= 11 is 0. The SMILES string of the molecule is CCC(C)(C)c1c(OCCO)ccc(OCCO)c1C(C)(C)CC. The summed E-state index contributed by atoms with van der Waals surface area (Å²) in [5, 5.41) is 18.3. The van der Waals surface area contributed by atoms with E-state index in [4.69, 9.17) is 19.7 Å². The maximum atomic E-state index is 9.15. The molecule has 2 N–H and O–H groups in total. The van der Waals surface area contributed by atoms with E-state index in [0.717, 1.165) is 35.5 Å². The molecule has 1 aromatic rings. The molecule has 0 spiro atoms. The molecule has 4 nitrogen and oxygen atoms in total. The standard InChI is InChI=1S/C20H34O4/c1-7-19(3,4)17-15(23-13-11-21)9-10-16(24-14-12-22)18(17)20(5,6)8-2/h9-10,21-22H,7-8,11-14H2,1-6H3. The topological polar surface area (TPSA) is 58.9 Å². The van der Waals surface area contributed by atoms with E-state index in [1.165, 1.54) is 0 Å². The molecule has 138 valence electrons. The summed E-state index contributed by atoms with van der Waals surface area (Å²) in [6.45, 7) is 13.7. The van der Waals surface area contributed by atoms with E-state index in [9.17, 15) is 0 Å². The first kappa shape index (κ1) is 20.8. The van der Waals surface area contributed by atoms with Gasteiger partial charge in [0.1, 0.15) is 24.7 Å². The van der Waals surface area contributed by atoms with Crippen LogP contribution in [0.25, 0.3) is 0 Å². The highest BCUT2D eigenvalue weighted by Gasteiger charge is 2.35. The van der Waals surface area contributed by atoms with E-state index in [0.29, 0.717) is 0 Å². The first-order valence-electron chi connectivity index (χ1n) is 8.90. The third-order valence-corrected chi connectivity index (χ3v) is 4.95. The minimum atomic E-state index is -0.0921. The number of rotatable bonds is 10. The van der Waals surface area contributed by atoms with Crippen LogP contribution in [0.4, 0.5) is 0 Å². The Kier molecular flexibility index (Phi) is 7.56. The van der Waals surface area contributed by atoms with E-state index in [-0.39, 0.29) is 37.3 Å². The molecule has 0 aliphatic heterocycles. The normalized spacial score (nSPS) is 12.3. The summed E-state index contributed by atoms with van der Waals surface area (Å²) in [5.74, 6) is 1.62. The second-order valence-electron chi connectivity index (χ2n) is 7.43. The summed E-state index contributed by atoms with van der Waals surface area (Å²) < 4.78 is 11.7. The molecular formula is C20H34O4. The predicted molar refractivity (Wildman–Crippen MR) is 98.2 cm³/mol. The lowest BCUT2D eigenvalue weighted by atomic mass is 9.70. The first-order chi connectivity index (χ1) is 11.2. The molecule has 0 aliphatic rings. The lowest BCUT2D eigenvalue weighted by Gasteiger charge is -2.36. The number of hydrogen-bond donors (Lipinski definition) is 2. The second-order valence-corrected chi connectivity index (χ2v) is 7.43. The fourth-order valence-corrected chi connectivity index (χ4v) is 2.81. The van der Waals surface area contributed by atoms with Crippen molar-refractivity contribution in [2.75, 3.05) is 26.4 Å². The number of aliphatic hydroxyl groups excluding tert-OH is 2. The van der Waals surface area contributed by atoms with Crippen LogP contribution in [-0.4, -0.2) is 36.6 Å². The molecule has 1 rings (SSSR count). The summed E-state index contributed by atoms with van der Waals surface area (Å²) in [6, 6.07) is 3.84. The van der Waals surface area contributed by atoms with Crippen molar-refractivity contribution in [1.82, 2.24) is 0 Å². The Hall–Kier alpha value is -1.26. The highest BCUT2D eigenvalue weighted by molar-refractivity contribution is 5.55. The van der Waals surface area contributed by atoms with Crippen LogP contribution in [0.15, 0.2) is 12.1 Å². The maximum Gasteiger partial charge on any atom is 0.123 e. The molecule has 24 heavy (non-hydrogen) atoms. The highest BCUT2D eigenvalue weighted by Crippen LogP contribution is 2.47. The van der Waals surface area contributed by atoms with Crippen LogP contribution in [-0.2, 0) is 10.8 Å². The van der Waals surface area contributed by atoms with Crippen LogP contribution >= 0.6 is 0 Å². The van der Waals surface area contributed by atoms with E-state index >= 15 is 0 Å². The van der Waals surface area contributed by atoms with Gasteiger partial charge in [0, 0.05) is 11.1 Å². The molecular weight excluding hydrogens is 304 g/mol. The molecule has 0 aliphatic carbocycles. The molecule has 0 bridgehead atoms. The zero-order chi connectivity index (χ0) is 18.4. The number of benzene rings is 1. The Bertz CT molecular complexity index is 474. The van der Waals surface area contributed by atoms with Gasteiger partial charge in [-0.15, -0.1) is 0 Å². The van der Waals surface area contributed by atoms with Crippen LogP contribution in [0.3, 0.4) is 0 Å². The Labute approximate surface area is 146 Å². The molecule has 0 radical (unpaired) electrons. The Balaban J connectivity index is 3.65. The first-order valence-corrected chi connectivity index (χ1v) is 8.90. The largest absolute Gasteiger partial charge is 0.491 e. The van der Waals surface area contributed by atoms with Crippen molar-refractivity contribution in [2.24, 2.45) is 0 Å². The zero-order valence-electron chi connectivity index (χ0n) is 16.1. The lowest BCUT2D eigenvalue weighted by molar-refractivity contribution is 0.192. The van der Waals surface area contributed by atoms with Crippen molar-refractivity contribution < 1.29 is 19.7 Å². The molecule has 0 atom stereocenters. The van der Waals surface area contributed by atoms with Crippen molar-refractivity contribution in [3.63, 3.8) is 0 Å². The van der Waals surface area contributed by atoms with Gasteiger partial charge in [-0.2, -0.15) is 0 Å². The molecule has 0 fully saturated rings. The predicted octanol–water partition coefficient (Wildman–Crippen LogP) is 3.80. The highest BCUT2D eigenvalue weighted by atomic mass is 16.5. The smallest absolute Gasteiger partial charge is 0.123 e. The molecule has 0 heterocycles. The maximum absolute atomic E-state index is 9.15. The van der Waals surface area contributed by atoms with Gasteiger partial charge in [-0.05, 0) is 35.8 Å². The van der Waals surface area contributed by atoms with Crippen LogP contribution in [0.2, 0.25) is 0 Å². The molecule has 0 saturated heterocycles. The number of aliphatic hydroxyl groups is 2. The van der Waals surface area contributed by atoms with E-state index in [2.05, 4.69) is 41.5 Å². The number of hydrogen-bond acceptors (Lipinski definition) is 4. The van der Waals surface area contributed by atoms with Gasteiger partial charge in [0.15, 0.2) is 0 Å². The zero-order valence-corrected chi connectivity index (χ0v) is 16.1. The summed E-state index contributed by atoms with van der Waals surface area (Å²) in [4.78, 5) is 0. The average molecular weight is 338 g/mol. The third kappa shape index (κ3) is 4.64. The van der Waals surface area contributed by atoms with Gasteiger partial charge >= 0.3 is 0 Å². The van der Waals surface area contributed by atoms with E-state index in [1.807, 2.05) is 12.1 Å². The molecule has 4 heteroatoms. The summed E-state index contributed by atoms with van der Waals surface area (Å²) in [6.07, 6.45) is 1.91. The van der Waals surface area contributed by atoms with Gasteiger partial charge in [0.25, 0.3) is 0 Å². The monoisotopic (exact) mass is 338 g/mol. The van der Waals surface area contributed by atoms with Gasteiger partial charge in [-0.25, -0.2) is 0 Å². The lowest BCUT2D eigenvalue weighted by Crippen LogP contribution is -2.28. The Morgan fingerprint density at radius 2 is 1.08 bits per heavy atom. The Morgan fingerprint density at radius 1 is 0.750 bits per heavy atom. The van der Waals surface area contributed by atoms with Gasteiger partial charge < -0.3 is 19.7 Å². The van der Waals surface area contributed by atoms with E-state index in [1.54, 1.807) is 0 Å². The average Bonchev–Trinajstić information content (AvgIpc) is 2.57. The van der Waals surface area contributed by atoms with Crippen LogP contribution < -0.4 is 9.47 Å². The van der Waals surface area contributed by atoms with Gasteiger partial charge in [-0.1, -0.05) is 41.5 Å². The molecule has 0 amide bonds. The fourth-order valence-electron chi connectivity index (χ4n) is 2.81. The van der Waals surface area contributed by atoms with Crippen LogP contribution in [0.5, 0.6) is 11.5 Å². The molecule has 0 aromatic heterocycles. The van der Waals surface area contributed by atoms with Gasteiger partial charge in [0.2, 0.25) is 0 Å². The molecule has 1 aromatic carbocycles. The van der Waals surface area contributed by atoms with Crippen molar-refractivity contribution in [1.29, 1.82) is 0 Å².